The number of nitrogens with zero attached hydrogens (tertiary/aromatic N) is 1. The number of hydrogen-bond donors (Lipinski definition) is 1. The van der Waals surface area contributed by atoms with E-state index < -0.39 is 0 Å². The molecule has 1 aromatic carbocycles. The lowest BCUT2D eigenvalue weighted by Gasteiger charge is -2.37. The molecule has 1 aromatic rings. The van der Waals surface area contributed by atoms with Crippen molar-refractivity contribution in [2.24, 2.45) is 5.92 Å². The first kappa shape index (κ1) is 20.7. The Morgan fingerprint density at radius 3 is 2.29 bits per heavy atom. The van der Waals surface area contributed by atoms with Crippen LogP contribution in [0.3, 0.4) is 0 Å². The second-order valence-electron chi connectivity index (χ2n) is 6.29. The second kappa shape index (κ2) is 9.68. The van der Waals surface area contributed by atoms with Crippen LogP contribution in [0.5, 0.6) is 0 Å². The number of halogens is 2. The normalized spacial score (nSPS) is 17.0. The van der Waals surface area contributed by atoms with Crippen LogP contribution in [0.2, 0.25) is 0 Å². The molecule has 1 aliphatic rings. The van der Waals surface area contributed by atoms with E-state index in [4.69, 9.17) is 0 Å². The SMILES string of the molecule is Cc1ccc(C)c([C@@H](CC(C)C)N2CCNCC2)c1.Cl.Cl. The van der Waals surface area contributed by atoms with E-state index in [2.05, 4.69) is 56.1 Å². The zero-order chi connectivity index (χ0) is 13.8. The van der Waals surface area contributed by atoms with Crippen molar-refractivity contribution in [1.29, 1.82) is 0 Å². The Kier molecular flexibility index (Phi) is 9.55. The largest absolute Gasteiger partial charge is 0.314 e. The summed E-state index contributed by atoms with van der Waals surface area (Å²) in [7, 11) is 0. The number of rotatable bonds is 4. The molecule has 1 N–H and O–H groups in total. The molecule has 0 unspecified atom stereocenters. The molecule has 0 aliphatic carbocycles. The third kappa shape index (κ3) is 5.78. The van der Waals surface area contributed by atoms with Crippen LogP contribution < -0.4 is 5.32 Å². The van der Waals surface area contributed by atoms with Crippen molar-refractivity contribution in [1.82, 2.24) is 10.2 Å². The van der Waals surface area contributed by atoms with Gasteiger partial charge in [-0.1, -0.05) is 37.6 Å². The Balaban J connectivity index is 0.00000200. The summed E-state index contributed by atoms with van der Waals surface area (Å²) >= 11 is 0. The predicted molar refractivity (Wildman–Crippen MR) is 97.1 cm³/mol. The van der Waals surface area contributed by atoms with Crippen LogP contribution in [0.4, 0.5) is 0 Å². The Hall–Kier alpha value is -0.280. The third-order valence-corrected chi connectivity index (χ3v) is 4.08. The van der Waals surface area contributed by atoms with Crippen molar-refractivity contribution >= 4 is 24.8 Å². The van der Waals surface area contributed by atoms with E-state index in [9.17, 15) is 0 Å². The van der Waals surface area contributed by atoms with E-state index in [0.29, 0.717) is 6.04 Å². The van der Waals surface area contributed by atoms with Crippen molar-refractivity contribution in [2.75, 3.05) is 26.2 Å². The molecule has 1 aliphatic heterocycles. The van der Waals surface area contributed by atoms with Crippen LogP contribution in [0.1, 0.15) is 43.0 Å². The molecule has 0 amide bonds. The highest BCUT2D eigenvalue weighted by atomic mass is 35.5. The first-order chi connectivity index (χ1) is 9.08. The minimum absolute atomic E-state index is 0. The predicted octanol–water partition coefficient (Wildman–Crippen LogP) is 4.14. The Morgan fingerprint density at radius 1 is 1.10 bits per heavy atom. The summed E-state index contributed by atoms with van der Waals surface area (Å²) < 4.78 is 0. The van der Waals surface area contributed by atoms with Crippen molar-refractivity contribution in [2.45, 2.75) is 40.2 Å². The van der Waals surface area contributed by atoms with Crippen molar-refractivity contribution < 1.29 is 0 Å². The van der Waals surface area contributed by atoms with Gasteiger partial charge in [0, 0.05) is 32.2 Å². The molecular weight excluding hydrogens is 303 g/mol. The van der Waals surface area contributed by atoms with Crippen molar-refractivity contribution in [3.63, 3.8) is 0 Å². The van der Waals surface area contributed by atoms with Crippen molar-refractivity contribution in [3.8, 4) is 0 Å². The van der Waals surface area contributed by atoms with Gasteiger partial charge in [-0.05, 0) is 37.3 Å². The van der Waals surface area contributed by atoms with Gasteiger partial charge in [0.25, 0.3) is 0 Å². The molecule has 1 saturated heterocycles. The average molecular weight is 333 g/mol. The number of aryl methyl sites for hydroxylation is 2. The van der Waals surface area contributed by atoms with Crippen molar-refractivity contribution in [3.05, 3.63) is 34.9 Å². The van der Waals surface area contributed by atoms with E-state index in [1.807, 2.05) is 0 Å². The maximum Gasteiger partial charge on any atom is 0.0354 e. The fourth-order valence-corrected chi connectivity index (χ4v) is 3.03. The van der Waals surface area contributed by atoms with E-state index in [0.717, 1.165) is 19.0 Å². The molecule has 0 radical (unpaired) electrons. The van der Waals surface area contributed by atoms with Gasteiger partial charge < -0.3 is 5.32 Å². The highest BCUT2D eigenvalue weighted by molar-refractivity contribution is 5.85. The lowest BCUT2D eigenvalue weighted by atomic mass is 9.91. The van der Waals surface area contributed by atoms with Gasteiger partial charge in [-0.2, -0.15) is 0 Å². The molecule has 4 heteroatoms. The maximum atomic E-state index is 3.46. The molecule has 122 valence electrons. The quantitative estimate of drug-likeness (QED) is 0.891. The molecule has 2 nitrogen and oxygen atoms in total. The van der Waals surface area contributed by atoms with Gasteiger partial charge in [0.05, 0.1) is 0 Å². The Bertz CT molecular complexity index is 415. The highest BCUT2D eigenvalue weighted by Crippen LogP contribution is 2.30. The summed E-state index contributed by atoms with van der Waals surface area (Å²) in [6.45, 7) is 13.7. The molecule has 1 heterocycles. The number of benzene rings is 1. The van der Waals surface area contributed by atoms with E-state index in [-0.39, 0.29) is 24.8 Å². The van der Waals surface area contributed by atoms with Crippen LogP contribution in [-0.2, 0) is 0 Å². The van der Waals surface area contributed by atoms with Crippen LogP contribution in [0, 0.1) is 19.8 Å². The lowest BCUT2D eigenvalue weighted by molar-refractivity contribution is 0.153. The van der Waals surface area contributed by atoms with Crippen LogP contribution in [0.15, 0.2) is 18.2 Å². The molecule has 1 fully saturated rings. The molecule has 2 rings (SSSR count). The van der Waals surface area contributed by atoms with E-state index >= 15 is 0 Å². The van der Waals surface area contributed by atoms with Crippen LogP contribution in [0.25, 0.3) is 0 Å². The molecule has 1 atom stereocenters. The summed E-state index contributed by atoms with van der Waals surface area (Å²) in [5.74, 6) is 0.736. The molecule has 21 heavy (non-hydrogen) atoms. The minimum Gasteiger partial charge on any atom is -0.314 e. The number of piperazine rings is 1. The lowest BCUT2D eigenvalue weighted by Crippen LogP contribution is -2.45. The summed E-state index contributed by atoms with van der Waals surface area (Å²) in [6.07, 6.45) is 1.25. The van der Waals surface area contributed by atoms with Gasteiger partial charge in [-0.15, -0.1) is 24.8 Å². The fraction of sp³-hybridized carbons (Fsp3) is 0.647. The zero-order valence-corrected chi connectivity index (χ0v) is 15.3. The standard InChI is InChI=1S/C17H28N2.2ClH/c1-13(2)11-17(19-9-7-18-8-10-19)16-12-14(3)5-6-15(16)4;;/h5-6,12-13,17-18H,7-11H2,1-4H3;2*1H/t17-;;/m1../s1. The molecule has 0 saturated carbocycles. The Labute approximate surface area is 142 Å². The minimum atomic E-state index is 0. The van der Waals surface area contributed by atoms with Crippen LogP contribution >= 0.6 is 24.8 Å². The first-order valence-corrected chi connectivity index (χ1v) is 7.60. The molecule has 0 bridgehead atoms. The average Bonchev–Trinajstić information content (AvgIpc) is 2.40. The zero-order valence-electron chi connectivity index (χ0n) is 13.7. The molecule has 0 spiro atoms. The molecule has 0 aromatic heterocycles. The van der Waals surface area contributed by atoms with E-state index in [1.165, 1.54) is 36.2 Å². The second-order valence-corrected chi connectivity index (χ2v) is 6.29. The van der Waals surface area contributed by atoms with E-state index in [1.54, 1.807) is 0 Å². The summed E-state index contributed by atoms with van der Waals surface area (Å²) in [5.41, 5.74) is 4.36. The molecular formula is C17H30Cl2N2. The first-order valence-electron chi connectivity index (χ1n) is 7.60. The summed E-state index contributed by atoms with van der Waals surface area (Å²) in [4.78, 5) is 2.66. The third-order valence-electron chi connectivity index (χ3n) is 4.08. The van der Waals surface area contributed by atoms with Gasteiger partial charge >= 0.3 is 0 Å². The van der Waals surface area contributed by atoms with Gasteiger partial charge in [-0.25, -0.2) is 0 Å². The number of hydrogen-bond acceptors (Lipinski definition) is 2. The highest BCUT2D eigenvalue weighted by Gasteiger charge is 2.24. The number of nitrogens with one attached hydrogen (secondary N) is 1. The summed E-state index contributed by atoms with van der Waals surface area (Å²) in [6, 6.07) is 7.48. The van der Waals surface area contributed by atoms with Gasteiger partial charge in [0.15, 0.2) is 0 Å². The van der Waals surface area contributed by atoms with Crippen LogP contribution in [-0.4, -0.2) is 31.1 Å². The van der Waals surface area contributed by atoms with Gasteiger partial charge in [0.2, 0.25) is 0 Å². The maximum absolute atomic E-state index is 3.46. The van der Waals surface area contributed by atoms with Gasteiger partial charge in [0.1, 0.15) is 0 Å². The smallest absolute Gasteiger partial charge is 0.0354 e. The topological polar surface area (TPSA) is 15.3 Å². The monoisotopic (exact) mass is 332 g/mol. The van der Waals surface area contributed by atoms with Gasteiger partial charge in [-0.3, -0.25) is 4.90 Å². The summed E-state index contributed by atoms with van der Waals surface area (Å²) in [5, 5.41) is 3.46. The Morgan fingerprint density at radius 2 is 1.71 bits per heavy atom. The fourth-order valence-electron chi connectivity index (χ4n) is 3.03.